The molecule has 21 heavy (non-hydrogen) atoms. The van der Waals surface area contributed by atoms with Crippen molar-refractivity contribution in [2.75, 3.05) is 20.6 Å². The summed E-state index contributed by atoms with van der Waals surface area (Å²) in [6, 6.07) is 8.52. The summed E-state index contributed by atoms with van der Waals surface area (Å²) in [5.74, 6) is -0.220. The molecule has 0 amide bonds. The molecule has 0 spiro atoms. The highest BCUT2D eigenvalue weighted by molar-refractivity contribution is 6.33. The minimum absolute atomic E-state index is 0.220. The molecule has 1 atom stereocenters. The van der Waals surface area contributed by atoms with Gasteiger partial charge in [0.15, 0.2) is 0 Å². The van der Waals surface area contributed by atoms with Crippen molar-refractivity contribution >= 4 is 17.4 Å². The molecule has 0 aliphatic carbocycles. The average molecular weight is 307 g/mol. The number of Topliss-reactive ketones (excluding diaryl/α,β-unsaturated/α-hetero) is 1. The van der Waals surface area contributed by atoms with Crippen LogP contribution in [-0.4, -0.2) is 41.1 Å². The standard InChI is InChI=1S/C15H19ClN4O/c1-19(2)8-9-20-14(12(16)10-18-20)15(21)13(17)11-6-4-3-5-7-11/h3-7,10,13H,8-9,17H2,1-2H3. The Morgan fingerprint density at radius 3 is 2.67 bits per heavy atom. The van der Waals surface area contributed by atoms with Gasteiger partial charge in [0, 0.05) is 6.54 Å². The van der Waals surface area contributed by atoms with Gasteiger partial charge in [0.2, 0.25) is 5.78 Å². The van der Waals surface area contributed by atoms with E-state index in [1.165, 1.54) is 6.20 Å². The quantitative estimate of drug-likeness (QED) is 0.829. The van der Waals surface area contributed by atoms with Gasteiger partial charge in [-0.3, -0.25) is 9.48 Å². The number of nitrogens with two attached hydrogens (primary N) is 1. The van der Waals surface area contributed by atoms with Gasteiger partial charge in [0.1, 0.15) is 5.69 Å². The Morgan fingerprint density at radius 1 is 1.38 bits per heavy atom. The third kappa shape index (κ3) is 3.69. The van der Waals surface area contributed by atoms with Gasteiger partial charge in [-0.05, 0) is 19.7 Å². The lowest BCUT2D eigenvalue weighted by molar-refractivity contribution is 0.0950. The molecular weight excluding hydrogens is 288 g/mol. The van der Waals surface area contributed by atoms with Crippen molar-refractivity contribution in [3.63, 3.8) is 0 Å². The Hall–Kier alpha value is -1.69. The molecule has 0 bridgehead atoms. The third-order valence-corrected chi connectivity index (χ3v) is 3.50. The highest BCUT2D eigenvalue weighted by Gasteiger charge is 2.24. The highest BCUT2D eigenvalue weighted by Crippen LogP contribution is 2.22. The van der Waals surface area contributed by atoms with E-state index in [0.717, 1.165) is 12.1 Å². The molecule has 112 valence electrons. The molecule has 0 aliphatic heterocycles. The van der Waals surface area contributed by atoms with Crippen molar-refractivity contribution in [3.05, 3.63) is 52.8 Å². The molecule has 1 aromatic heterocycles. The van der Waals surface area contributed by atoms with Crippen molar-refractivity contribution < 1.29 is 4.79 Å². The number of ketones is 1. The Balaban J connectivity index is 2.24. The van der Waals surface area contributed by atoms with Crippen LogP contribution in [0.4, 0.5) is 0 Å². The molecule has 0 saturated heterocycles. The summed E-state index contributed by atoms with van der Waals surface area (Å²) in [5, 5.41) is 4.50. The fraction of sp³-hybridized carbons (Fsp3) is 0.333. The summed E-state index contributed by atoms with van der Waals surface area (Å²) in [6.07, 6.45) is 1.49. The maximum Gasteiger partial charge on any atom is 0.203 e. The molecule has 0 radical (unpaired) electrons. The van der Waals surface area contributed by atoms with Crippen LogP contribution in [0.2, 0.25) is 5.02 Å². The summed E-state index contributed by atoms with van der Waals surface area (Å²) < 4.78 is 1.62. The molecule has 6 heteroatoms. The molecule has 1 heterocycles. The van der Waals surface area contributed by atoms with Crippen molar-refractivity contribution in [2.24, 2.45) is 5.73 Å². The minimum atomic E-state index is -0.737. The van der Waals surface area contributed by atoms with E-state index in [9.17, 15) is 4.79 Å². The molecule has 2 N–H and O–H groups in total. The van der Waals surface area contributed by atoms with E-state index < -0.39 is 6.04 Å². The van der Waals surface area contributed by atoms with Crippen molar-refractivity contribution in [1.29, 1.82) is 0 Å². The van der Waals surface area contributed by atoms with Crippen molar-refractivity contribution in [2.45, 2.75) is 12.6 Å². The minimum Gasteiger partial charge on any atom is -0.317 e. The lowest BCUT2D eigenvalue weighted by atomic mass is 10.0. The first-order valence-corrected chi connectivity index (χ1v) is 7.09. The fourth-order valence-corrected chi connectivity index (χ4v) is 2.27. The van der Waals surface area contributed by atoms with Crippen LogP contribution in [-0.2, 0) is 6.54 Å². The van der Waals surface area contributed by atoms with Crippen LogP contribution >= 0.6 is 11.6 Å². The van der Waals surface area contributed by atoms with E-state index in [4.69, 9.17) is 17.3 Å². The fourth-order valence-electron chi connectivity index (χ4n) is 2.03. The van der Waals surface area contributed by atoms with Crippen molar-refractivity contribution in [3.8, 4) is 0 Å². The van der Waals surface area contributed by atoms with Crippen LogP contribution in [0.3, 0.4) is 0 Å². The molecule has 1 unspecified atom stereocenters. The number of nitrogens with zero attached hydrogens (tertiary/aromatic N) is 3. The third-order valence-electron chi connectivity index (χ3n) is 3.23. The zero-order valence-electron chi connectivity index (χ0n) is 12.2. The molecule has 2 rings (SSSR count). The molecule has 0 aliphatic rings. The predicted octanol–water partition coefficient (Wildman–Crippen LogP) is 1.98. The number of carbonyl (C=O) groups is 1. The predicted molar refractivity (Wildman–Crippen MR) is 83.5 cm³/mol. The zero-order valence-corrected chi connectivity index (χ0v) is 12.9. The summed E-state index contributed by atoms with van der Waals surface area (Å²) in [5.41, 5.74) is 7.20. The van der Waals surface area contributed by atoms with Crippen LogP contribution in [0, 0.1) is 0 Å². The van der Waals surface area contributed by atoms with Gasteiger partial charge >= 0.3 is 0 Å². The van der Waals surface area contributed by atoms with Crippen LogP contribution in [0.25, 0.3) is 0 Å². The molecule has 0 fully saturated rings. The van der Waals surface area contributed by atoms with Gasteiger partial charge in [-0.1, -0.05) is 41.9 Å². The first kappa shape index (κ1) is 15.7. The maximum atomic E-state index is 12.6. The Morgan fingerprint density at radius 2 is 2.05 bits per heavy atom. The number of rotatable bonds is 6. The molecular formula is C15H19ClN4O. The Kier molecular flexibility index (Phi) is 5.12. The van der Waals surface area contributed by atoms with Gasteiger partial charge in [0.25, 0.3) is 0 Å². The largest absolute Gasteiger partial charge is 0.317 e. The maximum absolute atomic E-state index is 12.6. The lowest BCUT2D eigenvalue weighted by Gasteiger charge is -2.14. The van der Waals surface area contributed by atoms with Gasteiger partial charge in [-0.15, -0.1) is 0 Å². The smallest absolute Gasteiger partial charge is 0.203 e. The normalized spacial score (nSPS) is 12.6. The number of hydrogen-bond acceptors (Lipinski definition) is 4. The summed E-state index contributed by atoms with van der Waals surface area (Å²) in [4.78, 5) is 14.6. The first-order valence-electron chi connectivity index (χ1n) is 6.71. The van der Waals surface area contributed by atoms with Crippen LogP contribution in [0.15, 0.2) is 36.5 Å². The van der Waals surface area contributed by atoms with Gasteiger partial charge in [-0.2, -0.15) is 5.10 Å². The molecule has 1 aromatic carbocycles. The molecule has 2 aromatic rings. The van der Waals surface area contributed by atoms with Gasteiger partial charge in [0.05, 0.1) is 23.8 Å². The Labute approximate surface area is 129 Å². The van der Waals surface area contributed by atoms with Gasteiger partial charge in [-0.25, -0.2) is 0 Å². The van der Waals surface area contributed by atoms with E-state index in [1.807, 2.05) is 49.3 Å². The van der Waals surface area contributed by atoms with Gasteiger partial charge < -0.3 is 10.6 Å². The summed E-state index contributed by atoms with van der Waals surface area (Å²) in [7, 11) is 3.92. The van der Waals surface area contributed by atoms with E-state index in [0.29, 0.717) is 17.3 Å². The number of hydrogen-bond donors (Lipinski definition) is 1. The Bertz CT molecular complexity index is 609. The second-order valence-corrected chi connectivity index (χ2v) is 5.53. The van der Waals surface area contributed by atoms with E-state index in [2.05, 4.69) is 5.10 Å². The second kappa shape index (κ2) is 6.85. The second-order valence-electron chi connectivity index (χ2n) is 5.12. The van der Waals surface area contributed by atoms with E-state index >= 15 is 0 Å². The van der Waals surface area contributed by atoms with Crippen LogP contribution in [0.1, 0.15) is 22.1 Å². The number of benzene rings is 1. The number of halogens is 1. The molecule has 5 nitrogen and oxygen atoms in total. The monoisotopic (exact) mass is 306 g/mol. The van der Waals surface area contributed by atoms with E-state index in [1.54, 1.807) is 4.68 Å². The SMILES string of the molecule is CN(C)CCn1ncc(Cl)c1C(=O)C(N)c1ccccc1. The molecule has 0 saturated carbocycles. The summed E-state index contributed by atoms with van der Waals surface area (Å²) >= 11 is 6.11. The zero-order chi connectivity index (χ0) is 15.4. The van der Waals surface area contributed by atoms with Crippen molar-refractivity contribution in [1.82, 2.24) is 14.7 Å². The topological polar surface area (TPSA) is 64.2 Å². The van der Waals surface area contributed by atoms with Crippen LogP contribution < -0.4 is 5.73 Å². The number of likely N-dealkylation sites (N-methyl/N-ethyl adjacent to an activating group) is 1. The van der Waals surface area contributed by atoms with Crippen LogP contribution in [0.5, 0.6) is 0 Å². The number of carbonyl (C=O) groups excluding carboxylic acids is 1. The average Bonchev–Trinajstić information content (AvgIpc) is 2.85. The van der Waals surface area contributed by atoms with E-state index in [-0.39, 0.29) is 5.78 Å². The highest BCUT2D eigenvalue weighted by atomic mass is 35.5. The summed E-state index contributed by atoms with van der Waals surface area (Å²) in [6.45, 7) is 1.35. The lowest BCUT2D eigenvalue weighted by Crippen LogP contribution is -2.26. The first-order chi connectivity index (χ1) is 10.0. The number of aromatic nitrogens is 2.